The topological polar surface area (TPSA) is 32.3 Å². The Morgan fingerprint density at radius 2 is 1.90 bits per heavy atom. The largest absolute Gasteiger partial charge is 0.362 e. The monoisotopic (exact) mass is 280 g/mol. The number of carbonyl (C=O) groups excluding carboxylic acids is 1. The van der Waals surface area contributed by atoms with Gasteiger partial charge in [-0.1, -0.05) is 35.9 Å². The van der Waals surface area contributed by atoms with Crippen molar-refractivity contribution in [3.05, 3.63) is 59.7 Å². The fourth-order valence-electron chi connectivity index (χ4n) is 2.79. The predicted molar refractivity (Wildman–Crippen MR) is 86.8 cm³/mol. The number of hydrogen-bond donors (Lipinski definition) is 1. The second kappa shape index (κ2) is 6.00. The number of para-hydroxylation sites is 1. The first-order valence-corrected chi connectivity index (χ1v) is 7.42. The highest BCUT2D eigenvalue weighted by Crippen LogP contribution is 2.26. The Bertz CT molecular complexity index is 634. The minimum atomic E-state index is 0.0376. The predicted octanol–water partition coefficient (Wildman–Crippen LogP) is 3.39. The third-order valence-corrected chi connectivity index (χ3v) is 3.88. The number of anilines is 2. The first-order valence-electron chi connectivity index (χ1n) is 7.42. The van der Waals surface area contributed by atoms with Crippen LogP contribution in [0.5, 0.6) is 0 Å². The first kappa shape index (κ1) is 13.7. The zero-order valence-corrected chi connectivity index (χ0v) is 12.3. The lowest BCUT2D eigenvalue weighted by molar-refractivity contribution is -0.115. The van der Waals surface area contributed by atoms with Gasteiger partial charge in [-0.25, -0.2) is 0 Å². The fourth-order valence-corrected chi connectivity index (χ4v) is 2.79. The lowest BCUT2D eigenvalue weighted by Gasteiger charge is -2.30. The Balaban J connectivity index is 1.67. The summed E-state index contributed by atoms with van der Waals surface area (Å²) in [6, 6.07) is 16.3. The van der Waals surface area contributed by atoms with Crippen molar-refractivity contribution in [3.63, 3.8) is 0 Å². The molecule has 0 atom stereocenters. The van der Waals surface area contributed by atoms with Crippen LogP contribution in [0.15, 0.2) is 48.5 Å². The average Bonchev–Trinajstić information content (AvgIpc) is 2.50. The van der Waals surface area contributed by atoms with Gasteiger partial charge in [0.15, 0.2) is 0 Å². The van der Waals surface area contributed by atoms with E-state index in [2.05, 4.69) is 28.4 Å². The van der Waals surface area contributed by atoms with Crippen molar-refractivity contribution in [2.24, 2.45) is 0 Å². The molecular weight excluding hydrogens is 260 g/mol. The molecule has 1 aliphatic heterocycles. The van der Waals surface area contributed by atoms with E-state index in [-0.39, 0.29) is 5.91 Å². The van der Waals surface area contributed by atoms with Crippen LogP contribution in [0.4, 0.5) is 11.4 Å². The van der Waals surface area contributed by atoms with Crippen molar-refractivity contribution >= 4 is 17.3 Å². The summed E-state index contributed by atoms with van der Waals surface area (Å²) >= 11 is 0. The molecule has 1 heterocycles. The molecule has 3 nitrogen and oxygen atoms in total. The van der Waals surface area contributed by atoms with Gasteiger partial charge in [0, 0.05) is 17.9 Å². The van der Waals surface area contributed by atoms with Crippen LogP contribution >= 0.6 is 0 Å². The molecule has 0 unspecified atom stereocenters. The molecule has 0 bridgehead atoms. The highest BCUT2D eigenvalue weighted by Gasteiger charge is 2.18. The SMILES string of the molecule is Cc1ccc(NC(=O)CN2CCCc3ccccc32)cc1. The Labute approximate surface area is 125 Å². The molecule has 2 aromatic rings. The molecule has 2 aromatic carbocycles. The van der Waals surface area contributed by atoms with Crippen molar-refractivity contribution in [1.82, 2.24) is 0 Å². The van der Waals surface area contributed by atoms with E-state index in [1.54, 1.807) is 0 Å². The maximum absolute atomic E-state index is 12.2. The van der Waals surface area contributed by atoms with Gasteiger partial charge in [-0.05, 0) is 43.5 Å². The van der Waals surface area contributed by atoms with Crippen LogP contribution in [0.3, 0.4) is 0 Å². The van der Waals surface area contributed by atoms with Crippen molar-refractivity contribution in [1.29, 1.82) is 0 Å². The van der Waals surface area contributed by atoms with E-state index in [4.69, 9.17) is 0 Å². The van der Waals surface area contributed by atoms with Gasteiger partial charge in [0.2, 0.25) is 5.91 Å². The maximum atomic E-state index is 12.2. The first-order chi connectivity index (χ1) is 10.2. The summed E-state index contributed by atoms with van der Waals surface area (Å²) in [5.41, 5.74) is 4.59. The third-order valence-electron chi connectivity index (χ3n) is 3.88. The second-order valence-corrected chi connectivity index (χ2v) is 5.57. The molecule has 108 valence electrons. The number of carbonyl (C=O) groups is 1. The van der Waals surface area contributed by atoms with Crippen LogP contribution in [-0.4, -0.2) is 19.0 Å². The number of benzene rings is 2. The van der Waals surface area contributed by atoms with Crippen molar-refractivity contribution in [3.8, 4) is 0 Å². The molecular formula is C18H20N2O. The lowest BCUT2D eigenvalue weighted by atomic mass is 10.0. The van der Waals surface area contributed by atoms with Gasteiger partial charge in [0.1, 0.15) is 0 Å². The number of rotatable bonds is 3. The summed E-state index contributed by atoms with van der Waals surface area (Å²) in [7, 11) is 0. The third kappa shape index (κ3) is 3.24. The summed E-state index contributed by atoms with van der Waals surface area (Å²) < 4.78 is 0. The van der Waals surface area contributed by atoms with Gasteiger partial charge in [-0.2, -0.15) is 0 Å². The highest BCUT2D eigenvalue weighted by atomic mass is 16.2. The van der Waals surface area contributed by atoms with E-state index in [1.165, 1.54) is 16.8 Å². The normalized spacial score (nSPS) is 13.7. The van der Waals surface area contributed by atoms with Crippen molar-refractivity contribution in [2.75, 3.05) is 23.3 Å². The highest BCUT2D eigenvalue weighted by molar-refractivity contribution is 5.94. The zero-order valence-electron chi connectivity index (χ0n) is 12.3. The minimum Gasteiger partial charge on any atom is -0.362 e. The maximum Gasteiger partial charge on any atom is 0.243 e. The molecule has 0 saturated carbocycles. The molecule has 1 N–H and O–H groups in total. The van der Waals surface area contributed by atoms with Crippen LogP contribution in [0.25, 0.3) is 0 Å². The van der Waals surface area contributed by atoms with Crippen LogP contribution in [0.2, 0.25) is 0 Å². The van der Waals surface area contributed by atoms with Crippen LogP contribution in [-0.2, 0) is 11.2 Å². The quantitative estimate of drug-likeness (QED) is 0.934. The Kier molecular flexibility index (Phi) is 3.91. The number of fused-ring (bicyclic) bond motifs is 1. The van der Waals surface area contributed by atoms with E-state index >= 15 is 0 Å². The van der Waals surface area contributed by atoms with Crippen LogP contribution in [0, 0.1) is 6.92 Å². The molecule has 0 aliphatic carbocycles. The molecule has 0 saturated heterocycles. The van der Waals surface area contributed by atoms with Gasteiger partial charge >= 0.3 is 0 Å². The van der Waals surface area contributed by atoms with E-state index in [0.717, 1.165) is 25.1 Å². The molecule has 0 aromatic heterocycles. The summed E-state index contributed by atoms with van der Waals surface area (Å²) in [6.45, 7) is 3.39. The molecule has 0 fully saturated rings. The van der Waals surface area contributed by atoms with Gasteiger partial charge in [-0.3, -0.25) is 4.79 Å². The number of hydrogen-bond acceptors (Lipinski definition) is 2. The zero-order chi connectivity index (χ0) is 14.7. The summed E-state index contributed by atoms with van der Waals surface area (Å²) in [5.74, 6) is 0.0376. The molecule has 3 heteroatoms. The molecule has 0 spiro atoms. The number of amides is 1. The summed E-state index contributed by atoms with van der Waals surface area (Å²) in [6.07, 6.45) is 2.21. The Morgan fingerprint density at radius 1 is 1.14 bits per heavy atom. The van der Waals surface area contributed by atoms with Crippen LogP contribution < -0.4 is 10.2 Å². The van der Waals surface area contributed by atoms with Gasteiger partial charge < -0.3 is 10.2 Å². The molecule has 21 heavy (non-hydrogen) atoms. The summed E-state index contributed by atoms with van der Waals surface area (Å²) in [4.78, 5) is 14.4. The lowest BCUT2D eigenvalue weighted by Crippen LogP contribution is -2.36. The van der Waals surface area contributed by atoms with E-state index in [1.807, 2.05) is 37.3 Å². The van der Waals surface area contributed by atoms with E-state index in [0.29, 0.717) is 6.54 Å². The number of nitrogens with one attached hydrogen (secondary N) is 1. The average molecular weight is 280 g/mol. The standard InChI is InChI=1S/C18H20N2O/c1-14-8-10-16(11-9-14)19-18(21)13-20-12-4-6-15-5-2-3-7-17(15)20/h2-3,5,7-11H,4,6,12-13H2,1H3,(H,19,21). The smallest absolute Gasteiger partial charge is 0.243 e. The summed E-state index contributed by atoms with van der Waals surface area (Å²) in [5, 5.41) is 2.97. The molecule has 1 amide bonds. The van der Waals surface area contributed by atoms with E-state index in [9.17, 15) is 4.79 Å². The van der Waals surface area contributed by atoms with Crippen LogP contribution in [0.1, 0.15) is 17.5 Å². The van der Waals surface area contributed by atoms with Crippen molar-refractivity contribution < 1.29 is 4.79 Å². The number of aryl methyl sites for hydroxylation is 2. The number of nitrogens with zero attached hydrogens (tertiary/aromatic N) is 1. The van der Waals surface area contributed by atoms with Gasteiger partial charge in [-0.15, -0.1) is 0 Å². The fraction of sp³-hybridized carbons (Fsp3) is 0.278. The molecule has 3 rings (SSSR count). The van der Waals surface area contributed by atoms with E-state index < -0.39 is 0 Å². The van der Waals surface area contributed by atoms with Crippen molar-refractivity contribution in [2.45, 2.75) is 19.8 Å². The Hall–Kier alpha value is -2.29. The molecule has 0 radical (unpaired) electrons. The van der Waals surface area contributed by atoms with Gasteiger partial charge in [0.25, 0.3) is 0 Å². The second-order valence-electron chi connectivity index (χ2n) is 5.57. The molecule has 1 aliphatic rings. The van der Waals surface area contributed by atoms with Gasteiger partial charge in [0.05, 0.1) is 6.54 Å². The minimum absolute atomic E-state index is 0.0376. The Morgan fingerprint density at radius 3 is 2.71 bits per heavy atom.